The maximum Gasteiger partial charge on any atom is 0.287 e. The summed E-state index contributed by atoms with van der Waals surface area (Å²) >= 11 is 0. The van der Waals surface area contributed by atoms with Gasteiger partial charge in [0.15, 0.2) is 0 Å². The predicted molar refractivity (Wildman–Crippen MR) is 104 cm³/mol. The molecule has 1 aromatic carbocycles. The molecule has 2 aromatic heterocycles. The number of H-pyrrole nitrogens is 1. The third-order valence-corrected chi connectivity index (χ3v) is 3.80. The average molecular weight is 363 g/mol. The topological polar surface area (TPSA) is 91.9 Å². The van der Waals surface area contributed by atoms with Crippen LogP contribution in [0.5, 0.6) is 5.75 Å². The molecule has 0 saturated carbocycles. The predicted octanol–water partition coefficient (Wildman–Crippen LogP) is 3.17. The number of carbonyl (C=O) groups excluding carboxylic acids is 1. The molecule has 0 aliphatic rings. The summed E-state index contributed by atoms with van der Waals surface area (Å²) in [6.45, 7) is 6.63. The standard InChI is InChI=1S/C20H21N5O2/c1-3-12-27-17-6-4-16(5-7-17)18-13-19(24-23-18)20(26)25-22-14(2)15-8-10-21-11-9-15/h4-11,13,22H,2-3,12H2,1H3,(H,23,24)(H,25,26). The molecule has 1 amide bonds. The fraction of sp³-hybridized carbons (Fsp3) is 0.150. The molecular weight excluding hydrogens is 342 g/mol. The molecule has 2 heterocycles. The molecule has 3 aromatic rings. The van der Waals surface area contributed by atoms with Gasteiger partial charge in [-0.2, -0.15) is 5.10 Å². The third kappa shape index (κ3) is 4.72. The van der Waals surface area contributed by atoms with Crippen LogP contribution in [-0.2, 0) is 0 Å². The summed E-state index contributed by atoms with van der Waals surface area (Å²) in [6.07, 6.45) is 4.27. The van der Waals surface area contributed by atoms with E-state index in [1.54, 1.807) is 30.6 Å². The van der Waals surface area contributed by atoms with E-state index in [4.69, 9.17) is 4.74 Å². The second-order valence-electron chi connectivity index (χ2n) is 5.83. The van der Waals surface area contributed by atoms with E-state index in [9.17, 15) is 4.79 Å². The van der Waals surface area contributed by atoms with E-state index in [1.807, 2.05) is 24.3 Å². The van der Waals surface area contributed by atoms with Crippen molar-refractivity contribution in [3.05, 3.63) is 72.7 Å². The molecule has 7 heteroatoms. The fourth-order valence-corrected chi connectivity index (χ4v) is 2.35. The Hall–Kier alpha value is -3.61. The number of rotatable bonds is 8. The van der Waals surface area contributed by atoms with Crippen LogP contribution in [0, 0.1) is 0 Å². The maximum atomic E-state index is 12.3. The van der Waals surface area contributed by atoms with Crippen molar-refractivity contribution in [2.75, 3.05) is 6.61 Å². The Kier molecular flexibility index (Phi) is 5.84. The molecule has 7 nitrogen and oxygen atoms in total. The summed E-state index contributed by atoms with van der Waals surface area (Å²) in [5.74, 6) is 0.472. The Labute approximate surface area is 157 Å². The molecule has 0 unspecified atom stereocenters. The lowest BCUT2D eigenvalue weighted by Gasteiger charge is -2.09. The summed E-state index contributed by atoms with van der Waals surface area (Å²) in [5, 5.41) is 6.94. The SMILES string of the molecule is C=C(NNC(=O)c1cc(-c2ccc(OCCC)cc2)n[nH]1)c1ccncc1. The number of hydrogen-bond donors (Lipinski definition) is 3. The van der Waals surface area contributed by atoms with E-state index in [0.717, 1.165) is 23.3 Å². The van der Waals surface area contributed by atoms with Gasteiger partial charge in [0.25, 0.3) is 5.91 Å². The van der Waals surface area contributed by atoms with Gasteiger partial charge in [0.2, 0.25) is 0 Å². The van der Waals surface area contributed by atoms with Crippen molar-refractivity contribution in [2.24, 2.45) is 0 Å². The highest BCUT2D eigenvalue weighted by atomic mass is 16.5. The van der Waals surface area contributed by atoms with Gasteiger partial charge in [0.05, 0.1) is 18.0 Å². The first-order valence-electron chi connectivity index (χ1n) is 8.61. The van der Waals surface area contributed by atoms with E-state index >= 15 is 0 Å². The first-order chi connectivity index (χ1) is 13.2. The van der Waals surface area contributed by atoms with Gasteiger partial charge in [0.1, 0.15) is 11.4 Å². The lowest BCUT2D eigenvalue weighted by molar-refractivity contribution is 0.0937. The number of aromatic amines is 1. The monoisotopic (exact) mass is 363 g/mol. The summed E-state index contributed by atoms with van der Waals surface area (Å²) < 4.78 is 5.57. The second kappa shape index (κ2) is 8.66. The van der Waals surface area contributed by atoms with Gasteiger partial charge in [-0.25, -0.2) is 0 Å². The van der Waals surface area contributed by atoms with Gasteiger partial charge < -0.3 is 4.74 Å². The van der Waals surface area contributed by atoms with E-state index in [2.05, 4.69) is 39.5 Å². The molecule has 0 fully saturated rings. The Bertz CT molecular complexity index is 904. The zero-order valence-electron chi connectivity index (χ0n) is 15.0. The smallest absolute Gasteiger partial charge is 0.287 e. The summed E-state index contributed by atoms with van der Waals surface area (Å²) in [7, 11) is 0. The highest BCUT2D eigenvalue weighted by Gasteiger charge is 2.11. The second-order valence-corrected chi connectivity index (χ2v) is 5.83. The lowest BCUT2D eigenvalue weighted by atomic mass is 10.1. The molecule has 0 spiro atoms. The number of ether oxygens (including phenoxy) is 1. The van der Waals surface area contributed by atoms with Crippen LogP contribution in [0.15, 0.2) is 61.4 Å². The van der Waals surface area contributed by atoms with Crippen LogP contribution in [-0.4, -0.2) is 27.7 Å². The van der Waals surface area contributed by atoms with E-state index < -0.39 is 0 Å². The Morgan fingerprint density at radius 3 is 2.59 bits per heavy atom. The van der Waals surface area contributed by atoms with Crippen molar-refractivity contribution >= 4 is 11.6 Å². The van der Waals surface area contributed by atoms with Gasteiger partial charge in [0, 0.05) is 23.5 Å². The first-order valence-corrected chi connectivity index (χ1v) is 8.61. The first kappa shape index (κ1) is 18.2. The maximum absolute atomic E-state index is 12.3. The van der Waals surface area contributed by atoms with Crippen molar-refractivity contribution < 1.29 is 9.53 Å². The Balaban J connectivity index is 1.59. The molecule has 138 valence electrons. The van der Waals surface area contributed by atoms with Crippen molar-refractivity contribution in [1.29, 1.82) is 0 Å². The Morgan fingerprint density at radius 1 is 1.15 bits per heavy atom. The average Bonchev–Trinajstić information content (AvgIpc) is 3.21. The number of hydrazine groups is 1. The summed E-state index contributed by atoms with van der Waals surface area (Å²) in [4.78, 5) is 16.2. The van der Waals surface area contributed by atoms with Gasteiger partial charge in [-0.1, -0.05) is 13.5 Å². The minimum atomic E-state index is -0.341. The van der Waals surface area contributed by atoms with Crippen LogP contribution in [0.25, 0.3) is 17.0 Å². The van der Waals surface area contributed by atoms with Crippen LogP contribution >= 0.6 is 0 Å². The summed E-state index contributed by atoms with van der Waals surface area (Å²) in [6, 6.07) is 12.9. The summed E-state index contributed by atoms with van der Waals surface area (Å²) in [5.41, 5.74) is 8.69. The highest BCUT2D eigenvalue weighted by Crippen LogP contribution is 2.21. The fourth-order valence-electron chi connectivity index (χ4n) is 2.35. The molecule has 3 rings (SSSR count). The Morgan fingerprint density at radius 2 is 1.89 bits per heavy atom. The molecule has 0 radical (unpaired) electrons. The number of amides is 1. The van der Waals surface area contributed by atoms with Gasteiger partial charge in [-0.3, -0.25) is 25.7 Å². The van der Waals surface area contributed by atoms with Crippen molar-refractivity contribution in [3.63, 3.8) is 0 Å². The van der Waals surface area contributed by atoms with Crippen LogP contribution in [0.1, 0.15) is 29.4 Å². The molecule has 0 atom stereocenters. The normalized spacial score (nSPS) is 10.3. The minimum Gasteiger partial charge on any atom is -0.494 e. The third-order valence-electron chi connectivity index (χ3n) is 3.80. The minimum absolute atomic E-state index is 0.339. The largest absolute Gasteiger partial charge is 0.494 e. The number of aromatic nitrogens is 3. The lowest BCUT2D eigenvalue weighted by Crippen LogP contribution is -2.36. The van der Waals surface area contributed by atoms with Gasteiger partial charge in [-0.15, -0.1) is 0 Å². The molecule has 0 aliphatic heterocycles. The quantitative estimate of drug-likeness (QED) is 0.535. The zero-order chi connectivity index (χ0) is 19.1. The molecule has 0 saturated heterocycles. The molecule has 0 aliphatic carbocycles. The molecule has 3 N–H and O–H groups in total. The highest BCUT2D eigenvalue weighted by molar-refractivity contribution is 5.93. The van der Waals surface area contributed by atoms with Crippen LogP contribution in [0.3, 0.4) is 0 Å². The van der Waals surface area contributed by atoms with Crippen molar-refractivity contribution in [2.45, 2.75) is 13.3 Å². The number of benzene rings is 1. The van der Waals surface area contributed by atoms with Gasteiger partial charge in [-0.05, 0) is 48.9 Å². The molecular formula is C20H21N5O2. The number of hydrogen-bond acceptors (Lipinski definition) is 5. The number of pyridine rings is 1. The van der Waals surface area contributed by atoms with Crippen LogP contribution < -0.4 is 15.6 Å². The van der Waals surface area contributed by atoms with Gasteiger partial charge >= 0.3 is 0 Å². The zero-order valence-corrected chi connectivity index (χ0v) is 15.0. The number of nitrogens with one attached hydrogen (secondary N) is 3. The van der Waals surface area contributed by atoms with E-state index in [0.29, 0.717) is 23.7 Å². The van der Waals surface area contributed by atoms with Crippen LogP contribution in [0.4, 0.5) is 0 Å². The molecule has 0 bridgehead atoms. The number of nitrogens with zero attached hydrogens (tertiary/aromatic N) is 2. The molecule has 27 heavy (non-hydrogen) atoms. The van der Waals surface area contributed by atoms with E-state index in [1.165, 1.54) is 0 Å². The van der Waals surface area contributed by atoms with Crippen LogP contribution in [0.2, 0.25) is 0 Å². The van der Waals surface area contributed by atoms with Crippen molar-refractivity contribution in [3.8, 4) is 17.0 Å². The van der Waals surface area contributed by atoms with Crippen molar-refractivity contribution in [1.82, 2.24) is 26.0 Å². The van der Waals surface area contributed by atoms with E-state index in [-0.39, 0.29) is 5.91 Å². The number of carbonyl (C=O) groups is 1.